The van der Waals surface area contributed by atoms with Crippen LogP contribution in [0.2, 0.25) is 0 Å². The molecule has 0 spiro atoms. The van der Waals surface area contributed by atoms with E-state index in [0.29, 0.717) is 13.0 Å². The molecule has 1 aliphatic heterocycles. The Morgan fingerprint density at radius 2 is 2.11 bits per heavy atom. The number of benzene rings is 2. The van der Waals surface area contributed by atoms with E-state index in [1.807, 2.05) is 18.2 Å². The number of carbonyl (C=O) groups excluding carboxylic acids is 1. The Morgan fingerprint density at radius 3 is 2.89 bits per heavy atom. The average Bonchev–Trinajstić information content (AvgIpc) is 3.26. The van der Waals surface area contributed by atoms with Gasteiger partial charge in [-0.25, -0.2) is 0 Å². The van der Waals surface area contributed by atoms with Crippen LogP contribution >= 0.6 is 0 Å². The zero-order valence-electron chi connectivity index (χ0n) is 16.5. The molecule has 0 amide bonds. The first-order chi connectivity index (χ1) is 13.5. The molecule has 0 fully saturated rings. The molecular formula is C24H26O4. The molecule has 1 heterocycles. The number of allylic oxidation sites excluding steroid dienone is 1. The van der Waals surface area contributed by atoms with Crippen molar-refractivity contribution in [3.63, 3.8) is 0 Å². The van der Waals surface area contributed by atoms with Gasteiger partial charge in [0.15, 0.2) is 0 Å². The van der Waals surface area contributed by atoms with Gasteiger partial charge in [-0.3, -0.25) is 4.79 Å². The van der Waals surface area contributed by atoms with Gasteiger partial charge in [0.1, 0.15) is 17.6 Å². The number of ether oxygens (including phenoxy) is 3. The Hall–Kier alpha value is -2.75. The minimum atomic E-state index is -0.213. The van der Waals surface area contributed by atoms with Gasteiger partial charge in [-0.15, -0.1) is 0 Å². The largest absolute Gasteiger partial charge is 0.492 e. The second-order valence-electron chi connectivity index (χ2n) is 7.75. The predicted octanol–water partition coefficient (Wildman–Crippen LogP) is 4.91. The number of esters is 1. The van der Waals surface area contributed by atoms with Crippen LogP contribution in [0.4, 0.5) is 0 Å². The van der Waals surface area contributed by atoms with Crippen LogP contribution < -0.4 is 9.47 Å². The summed E-state index contributed by atoms with van der Waals surface area (Å²) in [4.78, 5) is 11.6. The molecule has 4 rings (SSSR count). The van der Waals surface area contributed by atoms with Gasteiger partial charge < -0.3 is 14.2 Å². The van der Waals surface area contributed by atoms with Crippen LogP contribution in [0.15, 0.2) is 48.6 Å². The zero-order chi connectivity index (χ0) is 19.7. The summed E-state index contributed by atoms with van der Waals surface area (Å²) in [5.74, 6) is 1.45. The van der Waals surface area contributed by atoms with E-state index in [0.717, 1.165) is 36.3 Å². The van der Waals surface area contributed by atoms with Crippen LogP contribution in [0, 0.1) is 0 Å². The normalized spacial score (nSPS) is 19.5. The van der Waals surface area contributed by atoms with Crippen molar-refractivity contribution in [2.75, 3.05) is 13.7 Å². The molecule has 0 radical (unpaired) electrons. The maximum Gasteiger partial charge on any atom is 0.306 e. The SMILES string of the molecule is C=C(C)Cc1cccc2c1CCC2Oc1ccc2c(c1)OCC2CC(=O)OC. The van der Waals surface area contributed by atoms with Gasteiger partial charge in [-0.05, 0) is 48.9 Å². The Balaban J connectivity index is 1.50. The number of methoxy groups -OCH3 is 1. The van der Waals surface area contributed by atoms with E-state index in [1.54, 1.807) is 0 Å². The summed E-state index contributed by atoms with van der Waals surface area (Å²) in [6.07, 6.45) is 3.33. The zero-order valence-corrected chi connectivity index (χ0v) is 16.5. The summed E-state index contributed by atoms with van der Waals surface area (Å²) in [6, 6.07) is 12.4. The van der Waals surface area contributed by atoms with Crippen molar-refractivity contribution in [3.8, 4) is 11.5 Å². The fraction of sp³-hybridized carbons (Fsp3) is 0.375. The molecule has 2 aliphatic rings. The third kappa shape index (κ3) is 3.64. The summed E-state index contributed by atoms with van der Waals surface area (Å²) in [5, 5.41) is 0. The highest BCUT2D eigenvalue weighted by atomic mass is 16.5. The summed E-state index contributed by atoms with van der Waals surface area (Å²) >= 11 is 0. The lowest BCUT2D eigenvalue weighted by atomic mass is 9.97. The fourth-order valence-corrected chi connectivity index (χ4v) is 4.25. The summed E-state index contributed by atoms with van der Waals surface area (Å²) in [5.41, 5.74) is 6.28. The lowest BCUT2D eigenvalue weighted by molar-refractivity contribution is -0.141. The molecule has 0 saturated carbocycles. The quantitative estimate of drug-likeness (QED) is 0.529. The third-order valence-corrected chi connectivity index (χ3v) is 5.59. The lowest BCUT2D eigenvalue weighted by Gasteiger charge is -2.16. The lowest BCUT2D eigenvalue weighted by Crippen LogP contribution is -2.09. The molecule has 4 nitrogen and oxygen atoms in total. The molecule has 2 atom stereocenters. The van der Waals surface area contributed by atoms with E-state index in [9.17, 15) is 4.79 Å². The van der Waals surface area contributed by atoms with E-state index >= 15 is 0 Å². The van der Waals surface area contributed by atoms with Gasteiger partial charge >= 0.3 is 5.97 Å². The van der Waals surface area contributed by atoms with Crippen molar-refractivity contribution < 1.29 is 19.0 Å². The molecule has 2 aromatic carbocycles. The van der Waals surface area contributed by atoms with E-state index in [4.69, 9.17) is 14.2 Å². The van der Waals surface area contributed by atoms with Crippen LogP contribution in [0.1, 0.15) is 54.0 Å². The van der Waals surface area contributed by atoms with E-state index in [-0.39, 0.29) is 18.0 Å². The van der Waals surface area contributed by atoms with Gasteiger partial charge in [0.2, 0.25) is 0 Å². The van der Waals surface area contributed by atoms with Gasteiger partial charge in [-0.2, -0.15) is 0 Å². The monoisotopic (exact) mass is 378 g/mol. The molecule has 1 aliphatic carbocycles. The van der Waals surface area contributed by atoms with Crippen molar-refractivity contribution in [2.24, 2.45) is 0 Å². The van der Waals surface area contributed by atoms with Crippen LogP contribution in [0.3, 0.4) is 0 Å². The van der Waals surface area contributed by atoms with Gasteiger partial charge in [0.25, 0.3) is 0 Å². The number of hydrogen-bond donors (Lipinski definition) is 0. The summed E-state index contributed by atoms with van der Waals surface area (Å²) in [7, 11) is 1.41. The van der Waals surface area contributed by atoms with Crippen molar-refractivity contribution in [2.45, 2.75) is 44.6 Å². The minimum Gasteiger partial charge on any atom is -0.492 e. The molecule has 0 N–H and O–H groups in total. The van der Waals surface area contributed by atoms with Gasteiger partial charge in [0.05, 0.1) is 20.1 Å². The second-order valence-corrected chi connectivity index (χ2v) is 7.75. The molecule has 4 heteroatoms. The molecule has 28 heavy (non-hydrogen) atoms. The van der Waals surface area contributed by atoms with Crippen molar-refractivity contribution >= 4 is 5.97 Å². The number of carbonyl (C=O) groups is 1. The Bertz CT molecular complexity index is 915. The van der Waals surface area contributed by atoms with Crippen LogP contribution in [-0.4, -0.2) is 19.7 Å². The maximum atomic E-state index is 11.6. The van der Waals surface area contributed by atoms with Crippen molar-refractivity contribution in [3.05, 3.63) is 70.8 Å². The fourth-order valence-electron chi connectivity index (χ4n) is 4.25. The molecule has 146 valence electrons. The number of hydrogen-bond acceptors (Lipinski definition) is 4. The minimum absolute atomic E-state index is 0.0495. The Morgan fingerprint density at radius 1 is 1.25 bits per heavy atom. The first-order valence-corrected chi connectivity index (χ1v) is 9.80. The Kier molecular flexibility index (Phi) is 5.12. The topological polar surface area (TPSA) is 44.8 Å². The number of rotatable bonds is 6. The highest BCUT2D eigenvalue weighted by Gasteiger charge is 2.29. The standard InChI is InChI=1S/C24H26O4/c1-15(2)11-16-5-4-6-21-19(16)9-10-22(21)28-18-7-8-20-17(12-24(25)26-3)14-27-23(20)13-18/h4-8,13,17,22H,1,9-12,14H2,2-3H3. The molecule has 0 bridgehead atoms. The highest BCUT2D eigenvalue weighted by molar-refractivity contribution is 5.71. The van der Waals surface area contributed by atoms with Crippen LogP contribution in [0.5, 0.6) is 11.5 Å². The average molecular weight is 378 g/mol. The predicted molar refractivity (Wildman–Crippen MR) is 108 cm³/mol. The number of fused-ring (bicyclic) bond motifs is 2. The summed E-state index contributed by atoms with van der Waals surface area (Å²) < 4.78 is 16.9. The van der Waals surface area contributed by atoms with Crippen LogP contribution in [0.25, 0.3) is 0 Å². The highest BCUT2D eigenvalue weighted by Crippen LogP contribution is 2.41. The van der Waals surface area contributed by atoms with E-state index in [2.05, 4.69) is 31.7 Å². The first kappa shape index (κ1) is 18.6. The van der Waals surface area contributed by atoms with E-state index < -0.39 is 0 Å². The van der Waals surface area contributed by atoms with Crippen molar-refractivity contribution in [1.29, 1.82) is 0 Å². The third-order valence-electron chi connectivity index (χ3n) is 5.59. The molecule has 2 unspecified atom stereocenters. The van der Waals surface area contributed by atoms with Gasteiger partial charge in [0, 0.05) is 17.5 Å². The maximum absolute atomic E-state index is 11.6. The van der Waals surface area contributed by atoms with Gasteiger partial charge in [-0.1, -0.05) is 36.4 Å². The summed E-state index contributed by atoms with van der Waals surface area (Å²) in [6.45, 7) is 6.63. The van der Waals surface area contributed by atoms with E-state index in [1.165, 1.54) is 29.4 Å². The first-order valence-electron chi connectivity index (χ1n) is 9.80. The Labute approximate surface area is 166 Å². The molecule has 2 aromatic rings. The molecule has 0 aromatic heterocycles. The second kappa shape index (κ2) is 7.70. The molecule has 0 saturated heterocycles. The molecular weight excluding hydrogens is 352 g/mol. The van der Waals surface area contributed by atoms with Crippen molar-refractivity contribution in [1.82, 2.24) is 0 Å². The smallest absolute Gasteiger partial charge is 0.306 e. The van der Waals surface area contributed by atoms with Crippen LogP contribution in [-0.2, 0) is 22.4 Å².